The van der Waals surface area contributed by atoms with Crippen molar-refractivity contribution >= 4 is 11.8 Å². The lowest BCUT2D eigenvalue weighted by Crippen LogP contribution is -2.26. The third-order valence-corrected chi connectivity index (χ3v) is 3.51. The lowest BCUT2D eigenvalue weighted by atomic mass is 10.2. The molecule has 1 rings (SSSR count). The van der Waals surface area contributed by atoms with E-state index in [0.717, 1.165) is 11.8 Å². The molecule has 0 heterocycles. The molecule has 1 aliphatic carbocycles. The summed E-state index contributed by atoms with van der Waals surface area (Å²) in [4.78, 5) is 0. The maximum absolute atomic E-state index is 5.18. The molecule has 0 bridgehead atoms. The van der Waals surface area contributed by atoms with E-state index in [1.54, 1.807) is 0 Å². The average molecular weight is 183 g/mol. The fourth-order valence-corrected chi connectivity index (χ4v) is 2.86. The van der Waals surface area contributed by atoms with E-state index in [1.807, 2.05) is 0 Å². The Labute approximate surface area is 79.7 Å². The van der Waals surface area contributed by atoms with Gasteiger partial charge in [-0.05, 0) is 25.0 Å². The quantitative estimate of drug-likeness (QED) is 0.668. The number of hydrogen-bond donors (Lipinski definition) is 1. The van der Waals surface area contributed by atoms with Gasteiger partial charge < -0.3 is 5.32 Å². The summed E-state index contributed by atoms with van der Waals surface area (Å²) in [5.74, 6) is 3.87. The van der Waals surface area contributed by atoms with E-state index in [-0.39, 0.29) is 0 Å². The smallest absolute Gasteiger partial charge is 0.0575 e. The second kappa shape index (κ2) is 5.50. The molecule has 0 aromatic rings. The average Bonchev–Trinajstić information content (AvgIpc) is 2.50. The first-order chi connectivity index (χ1) is 5.86. The predicted octanol–water partition coefficient (Wildman–Crippen LogP) is 1.88. The fourth-order valence-electron chi connectivity index (χ4n) is 1.72. The standard InChI is InChI=1S/C10H17NS/c1-3-7-11-9-5-6-10(8-9)12-4-2/h1,9-11H,4-8H2,2H3. The fraction of sp³-hybridized carbons (Fsp3) is 0.800. The second-order valence-corrected chi connectivity index (χ2v) is 4.75. The van der Waals surface area contributed by atoms with Gasteiger partial charge in [0.25, 0.3) is 0 Å². The zero-order chi connectivity index (χ0) is 8.81. The number of rotatable bonds is 4. The molecule has 0 spiro atoms. The maximum atomic E-state index is 5.18. The van der Waals surface area contributed by atoms with Crippen LogP contribution in [0.25, 0.3) is 0 Å². The molecule has 1 nitrogen and oxygen atoms in total. The molecule has 1 saturated carbocycles. The van der Waals surface area contributed by atoms with Gasteiger partial charge in [0.15, 0.2) is 0 Å². The molecule has 2 atom stereocenters. The van der Waals surface area contributed by atoms with Gasteiger partial charge in [0.1, 0.15) is 0 Å². The van der Waals surface area contributed by atoms with Crippen LogP contribution < -0.4 is 5.32 Å². The van der Waals surface area contributed by atoms with E-state index in [2.05, 4.69) is 29.9 Å². The van der Waals surface area contributed by atoms with Gasteiger partial charge in [-0.2, -0.15) is 11.8 Å². The van der Waals surface area contributed by atoms with E-state index in [0.29, 0.717) is 6.04 Å². The third-order valence-electron chi connectivity index (χ3n) is 2.28. The van der Waals surface area contributed by atoms with Crippen molar-refractivity contribution in [2.75, 3.05) is 12.3 Å². The molecule has 0 aliphatic heterocycles. The van der Waals surface area contributed by atoms with E-state index in [1.165, 1.54) is 25.0 Å². The van der Waals surface area contributed by atoms with Crippen LogP contribution in [-0.2, 0) is 0 Å². The van der Waals surface area contributed by atoms with E-state index < -0.39 is 0 Å². The van der Waals surface area contributed by atoms with Crippen molar-refractivity contribution in [1.29, 1.82) is 0 Å². The Kier molecular flexibility index (Phi) is 4.57. The van der Waals surface area contributed by atoms with E-state index >= 15 is 0 Å². The number of terminal acetylenes is 1. The van der Waals surface area contributed by atoms with Gasteiger partial charge in [-0.1, -0.05) is 12.8 Å². The summed E-state index contributed by atoms with van der Waals surface area (Å²) in [6.45, 7) is 2.96. The largest absolute Gasteiger partial charge is 0.303 e. The molecule has 2 heteroatoms. The Morgan fingerprint density at radius 2 is 2.42 bits per heavy atom. The van der Waals surface area contributed by atoms with Crippen molar-refractivity contribution < 1.29 is 0 Å². The second-order valence-electron chi connectivity index (χ2n) is 3.17. The highest BCUT2D eigenvalue weighted by Crippen LogP contribution is 2.29. The first-order valence-corrected chi connectivity index (χ1v) is 5.70. The Bertz CT molecular complexity index is 162. The third kappa shape index (κ3) is 3.08. The maximum Gasteiger partial charge on any atom is 0.0575 e. The predicted molar refractivity (Wildman–Crippen MR) is 56.4 cm³/mol. The first-order valence-electron chi connectivity index (χ1n) is 4.65. The molecular weight excluding hydrogens is 166 g/mol. The number of thioether (sulfide) groups is 1. The van der Waals surface area contributed by atoms with Gasteiger partial charge in [0.2, 0.25) is 0 Å². The van der Waals surface area contributed by atoms with Crippen LogP contribution in [0.5, 0.6) is 0 Å². The van der Waals surface area contributed by atoms with Crippen LogP contribution in [0.3, 0.4) is 0 Å². The lowest BCUT2D eigenvalue weighted by Gasteiger charge is -2.10. The Balaban J connectivity index is 2.13. The number of hydrogen-bond acceptors (Lipinski definition) is 2. The summed E-state index contributed by atoms with van der Waals surface area (Å²) < 4.78 is 0. The summed E-state index contributed by atoms with van der Waals surface area (Å²) in [5, 5.41) is 4.25. The topological polar surface area (TPSA) is 12.0 Å². The molecule has 0 saturated heterocycles. The highest BCUT2D eigenvalue weighted by Gasteiger charge is 2.23. The lowest BCUT2D eigenvalue weighted by molar-refractivity contribution is 0.562. The first kappa shape index (κ1) is 9.95. The summed E-state index contributed by atoms with van der Waals surface area (Å²) in [6.07, 6.45) is 9.15. The SMILES string of the molecule is C#CCNC1CCC(SCC)C1. The monoisotopic (exact) mass is 183 g/mol. The van der Waals surface area contributed by atoms with Crippen LogP contribution in [0.15, 0.2) is 0 Å². The van der Waals surface area contributed by atoms with Gasteiger partial charge in [-0.3, -0.25) is 0 Å². The molecule has 0 aromatic carbocycles. The summed E-state index contributed by atoms with van der Waals surface area (Å²) in [5.41, 5.74) is 0. The van der Waals surface area contributed by atoms with Crippen molar-refractivity contribution in [3.05, 3.63) is 0 Å². The Hall–Kier alpha value is -0.130. The molecule has 1 aliphatic rings. The van der Waals surface area contributed by atoms with Gasteiger partial charge in [0, 0.05) is 11.3 Å². The minimum absolute atomic E-state index is 0.685. The van der Waals surface area contributed by atoms with E-state index in [9.17, 15) is 0 Å². The normalized spacial score (nSPS) is 28.7. The Morgan fingerprint density at radius 3 is 3.08 bits per heavy atom. The molecule has 2 unspecified atom stereocenters. The summed E-state index contributed by atoms with van der Waals surface area (Å²) >= 11 is 2.08. The molecule has 0 aromatic heterocycles. The highest BCUT2D eigenvalue weighted by atomic mass is 32.2. The van der Waals surface area contributed by atoms with Gasteiger partial charge in [0.05, 0.1) is 6.54 Å². The van der Waals surface area contributed by atoms with Gasteiger partial charge in [-0.15, -0.1) is 6.42 Å². The molecule has 68 valence electrons. The molecule has 0 radical (unpaired) electrons. The van der Waals surface area contributed by atoms with Crippen LogP contribution in [0, 0.1) is 12.3 Å². The molecule has 1 N–H and O–H groups in total. The van der Waals surface area contributed by atoms with Gasteiger partial charge >= 0.3 is 0 Å². The molecule has 1 fully saturated rings. The zero-order valence-corrected chi connectivity index (χ0v) is 8.49. The highest BCUT2D eigenvalue weighted by molar-refractivity contribution is 7.99. The van der Waals surface area contributed by atoms with Crippen molar-refractivity contribution in [1.82, 2.24) is 5.32 Å². The van der Waals surface area contributed by atoms with Crippen molar-refractivity contribution in [2.45, 2.75) is 37.5 Å². The molecular formula is C10H17NS. The Morgan fingerprint density at radius 1 is 1.58 bits per heavy atom. The van der Waals surface area contributed by atoms with Gasteiger partial charge in [-0.25, -0.2) is 0 Å². The van der Waals surface area contributed by atoms with Crippen molar-refractivity contribution in [3.8, 4) is 12.3 Å². The van der Waals surface area contributed by atoms with Crippen LogP contribution in [0.1, 0.15) is 26.2 Å². The molecule has 0 amide bonds. The van der Waals surface area contributed by atoms with Crippen LogP contribution in [0.4, 0.5) is 0 Å². The van der Waals surface area contributed by atoms with Crippen LogP contribution in [-0.4, -0.2) is 23.6 Å². The number of nitrogens with one attached hydrogen (secondary N) is 1. The minimum Gasteiger partial charge on any atom is -0.303 e. The summed E-state index contributed by atoms with van der Waals surface area (Å²) in [7, 11) is 0. The van der Waals surface area contributed by atoms with Crippen LogP contribution in [0.2, 0.25) is 0 Å². The van der Waals surface area contributed by atoms with Crippen molar-refractivity contribution in [2.24, 2.45) is 0 Å². The van der Waals surface area contributed by atoms with Crippen LogP contribution >= 0.6 is 11.8 Å². The molecule has 12 heavy (non-hydrogen) atoms. The van der Waals surface area contributed by atoms with Crippen molar-refractivity contribution in [3.63, 3.8) is 0 Å². The van der Waals surface area contributed by atoms with E-state index in [4.69, 9.17) is 6.42 Å². The summed E-state index contributed by atoms with van der Waals surface area (Å²) in [6, 6.07) is 0.685. The zero-order valence-electron chi connectivity index (χ0n) is 7.68. The minimum atomic E-state index is 0.685.